The van der Waals surface area contributed by atoms with Crippen LogP contribution in [0.5, 0.6) is 5.75 Å². The van der Waals surface area contributed by atoms with E-state index in [2.05, 4.69) is 10.2 Å². The molecular formula is C32H44N4O7S2. The molecule has 0 bridgehead atoms. The molecule has 2 aliphatic rings. The first kappa shape index (κ1) is 34.7. The Morgan fingerprint density at radius 1 is 1.00 bits per heavy atom. The predicted molar refractivity (Wildman–Crippen MR) is 174 cm³/mol. The van der Waals surface area contributed by atoms with Gasteiger partial charge in [-0.2, -0.15) is 4.31 Å². The summed E-state index contributed by atoms with van der Waals surface area (Å²) in [6, 6.07) is 11.1. The lowest BCUT2D eigenvalue weighted by Crippen LogP contribution is -2.56. The molecule has 0 aromatic heterocycles. The molecule has 0 saturated carbocycles. The summed E-state index contributed by atoms with van der Waals surface area (Å²) in [6.07, 6.45) is -0.335. The number of likely N-dealkylation sites (N-methyl/N-ethyl adjacent to an activating group) is 1. The minimum Gasteiger partial charge on any atom is -0.458 e. The van der Waals surface area contributed by atoms with Crippen LogP contribution < -0.4 is 10.1 Å². The first-order chi connectivity index (χ1) is 21.0. The van der Waals surface area contributed by atoms with Gasteiger partial charge in [-0.3, -0.25) is 4.79 Å². The maximum absolute atomic E-state index is 13.8. The van der Waals surface area contributed by atoms with Gasteiger partial charge in [-0.1, -0.05) is 29.8 Å². The lowest BCUT2D eigenvalue weighted by atomic mass is 10.0. The molecule has 2 heterocycles. The van der Waals surface area contributed by atoms with Crippen LogP contribution in [0.3, 0.4) is 0 Å². The van der Waals surface area contributed by atoms with Crippen molar-refractivity contribution >= 4 is 39.8 Å². The van der Waals surface area contributed by atoms with Gasteiger partial charge in [0, 0.05) is 38.4 Å². The van der Waals surface area contributed by atoms with Crippen molar-refractivity contribution in [3.63, 3.8) is 0 Å². The Morgan fingerprint density at radius 3 is 2.18 bits per heavy atom. The number of esters is 1. The summed E-state index contributed by atoms with van der Waals surface area (Å²) in [6.45, 7) is 13.3. The first-order valence-corrected chi connectivity index (χ1v) is 17.4. The zero-order chi connectivity index (χ0) is 33.2. The molecule has 2 saturated heterocycles. The third-order valence-electron chi connectivity index (χ3n) is 7.63. The fourth-order valence-corrected chi connectivity index (χ4v) is 8.63. The van der Waals surface area contributed by atoms with Gasteiger partial charge in [0.2, 0.25) is 15.9 Å². The van der Waals surface area contributed by atoms with Crippen molar-refractivity contribution in [2.45, 2.75) is 75.4 Å². The standard InChI is InChI=1S/C32H44N4O7S2/c1-22-8-14-25(15-9-22)45(40,41)36-27(21-44-32(36,5)6)28(37)33-26(29(38)43-31(2,3)4)20-23-10-12-24(13-11-23)42-30(39)35-18-16-34(7)17-19-35/h8-15,26-27H,16-21H2,1-7H3,(H,33,37)/t26-,27-/m0/s1. The van der Waals surface area contributed by atoms with Crippen molar-refractivity contribution in [2.75, 3.05) is 39.0 Å². The molecule has 246 valence electrons. The van der Waals surface area contributed by atoms with Crippen molar-refractivity contribution in [3.05, 3.63) is 59.7 Å². The van der Waals surface area contributed by atoms with Crippen LogP contribution in [-0.2, 0) is 30.8 Å². The third kappa shape index (κ3) is 8.78. The number of nitrogens with one attached hydrogen (secondary N) is 1. The van der Waals surface area contributed by atoms with Gasteiger partial charge in [0.15, 0.2) is 0 Å². The Labute approximate surface area is 270 Å². The Balaban J connectivity index is 1.51. The highest BCUT2D eigenvalue weighted by Gasteiger charge is 2.51. The van der Waals surface area contributed by atoms with Gasteiger partial charge in [-0.15, -0.1) is 11.8 Å². The number of amides is 2. The molecular weight excluding hydrogens is 617 g/mol. The molecule has 2 aromatic rings. The largest absolute Gasteiger partial charge is 0.458 e. The van der Waals surface area contributed by atoms with Crippen LogP contribution in [0.2, 0.25) is 0 Å². The van der Waals surface area contributed by atoms with E-state index < -0.39 is 50.5 Å². The van der Waals surface area contributed by atoms with Gasteiger partial charge in [0.1, 0.15) is 23.4 Å². The van der Waals surface area contributed by atoms with Crippen molar-refractivity contribution in [2.24, 2.45) is 0 Å². The van der Waals surface area contributed by atoms with Crippen molar-refractivity contribution in [1.29, 1.82) is 0 Å². The number of benzene rings is 2. The fourth-order valence-electron chi connectivity index (χ4n) is 5.17. The lowest BCUT2D eigenvalue weighted by molar-refractivity contribution is -0.158. The maximum Gasteiger partial charge on any atom is 0.415 e. The van der Waals surface area contributed by atoms with E-state index in [4.69, 9.17) is 9.47 Å². The van der Waals surface area contributed by atoms with Crippen LogP contribution >= 0.6 is 11.8 Å². The highest BCUT2D eigenvalue weighted by Crippen LogP contribution is 2.43. The molecule has 0 unspecified atom stereocenters. The molecule has 11 nitrogen and oxygen atoms in total. The second kappa shape index (κ2) is 13.7. The molecule has 2 aliphatic heterocycles. The van der Waals surface area contributed by atoms with Crippen LogP contribution in [0, 0.1) is 6.92 Å². The molecule has 4 rings (SSSR count). The number of carbonyl (C=O) groups excluding carboxylic acids is 3. The number of rotatable bonds is 8. The second-order valence-corrected chi connectivity index (χ2v) is 16.4. The molecule has 2 aromatic carbocycles. The molecule has 1 N–H and O–H groups in total. The number of carbonyl (C=O) groups is 3. The molecule has 0 spiro atoms. The number of hydrogen-bond acceptors (Lipinski definition) is 9. The van der Waals surface area contributed by atoms with E-state index in [1.807, 2.05) is 14.0 Å². The topological polar surface area (TPSA) is 126 Å². The van der Waals surface area contributed by atoms with Crippen LogP contribution in [0.25, 0.3) is 0 Å². The van der Waals surface area contributed by atoms with Gasteiger partial charge in [0.25, 0.3) is 0 Å². The van der Waals surface area contributed by atoms with Crippen LogP contribution in [0.1, 0.15) is 45.7 Å². The predicted octanol–water partition coefficient (Wildman–Crippen LogP) is 3.65. The van der Waals surface area contributed by atoms with Gasteiger partial charge in [-0.25, -0.2) is 18.0 Å². The number of aryl methyl sites for hydroxylation is 1. The molecule has 2 amide bonds. The van der Waals surface area contributed by atoms with Crippen LogP contribution in [0.4, 0.5) is 4.79 Å². The molecule has 2 atom stereocenters. The van der Waals surface area contributed by atoms with Gasteiger partial charge >= 0.3 is 12.1 Å². The number of nitrogens with zero attached hydrogens (tertiary/aromatic N) is 3. The number of thioether (sulfide) groups is 1. The minimum atomic E-state index is -4.04. The first-order valence-electron chi connectivity index (χ1n) is 15.0. The van der Waals surface area contributed by atoms with E-state index in [0.29, 0.717) is 24.4 Å². The average Bonchev–Trinajstić information content (AvgIpc) is 3.29. The number of sulfonamides is 1. The molecule has 0 radical (unpaired) electrons. The van der Waals surface area contributed by atoms with Crippen molar-refractivity contribution in [1.82, 2.24) is 19.4 Å². The fraction of sp³-hybridized carbons (Fsp3) is 0.531. The Kier molecular flexibility index (Phi) is 10.6. The van der Waals surface area contributed by atoms with Gasteiger partial charge in [-0.05, 0) is 78.4 Å². The summed E-state index contributed by atoms with van der Waals surface area (Å²) in [5.41, 5.74) is 0.795. The van der Waals surface area contributed by atoms with E-state index in [0.717, 1.165) is 18.7 Å². The van der Waals surface area contributed by atoms with Gasteiger partial charge in [0.05, 0.1) is 9.77 Å². The maximum atomic E-state index is 13.8. The Hall–Kier alpha value is -3.13. The SMILES string of the molecule is Cc1ccc(S(=O)(=O)N2[C@H](C(=O)N[C@@H](Cc3ccc(OC(=O)N4CCN(C)CC4)cc3)C(=O)OC(C)(C)C)CSC2(C)C)cc1. The number of ether oxygens (including phenoxy) is 2. The zero-order valence-corrected chi connectivity index (χ0v) is 28.7. The highest BCUT2D eigenvalue weighted by molar-refractivity contribution is 8.02. The summed E-state index contributed by atoms with van der Waals surface area (Å²) in [7, 11) is -2.03. The molecule has 0 aliphatic carbocycles. The summed E-state index contributed by atoms with van der Waals surface area (Å²) in [5, 5.41) is 2.79. The van der Waals surface area contributed by atoms with E-state index in [1.165, 1.54) is 28.2 Å². The smallest absolute Gasteiger partial charge is 0.415 e. The average molecular weight is 661 g/mol. The van der Waals surface area contributed by atoms with E-state index in [1.54, 1.807) is 75.9 Å². The molecule has 13 heteroatoms. The van der Waals surface area contributed by atoms with Crippen LogP contribution in [-0.4, -0.2) is 102 Å². The normalized spacial score (nSPS) is 20.0. The van der Waals surface area contributed by atoms with Crippen LogP contribution in [0.15, 0.2) is 53.4 Å². The molecule has 45 heavy (non-hydrogen) atoms. The lowest BCUT2D eigenvalue weighted by Gasteiger charge is -2.33. The van der Waals surface area contributed by atoms with E-state index in [-0.39, 0.29) is 17.1 Å². The highest BCUT2D eigenvalue weighted by atomic mass is 32.2. The second-order valence-electron chi connectivity index (χ2n) is 13.0. The summed E-state index contributed by atoms with van der Waals surface area (Å²) < 4.78 is 40.0. The van der Waals surface area contributed by atoms with Gasteiger partial charge < -0.3 is 24.6 Å². The quantitative estimate of drug-likeness (QED) is 0.423. The van der Waals surface area contributed by atoms with Crippen molar-refractivity contribution < 1.29 is 32.3 Å². The molecule has 2 fully saturated rings. The Bertz CT molecular complexity index is 1480. The third-order valence-corrected chi connectivity index (χ3v) is 11.2. The summed E-state index contributed by atoms with van der Waals surface area (Å²) >= 11 is 1.36. The number of hydrogen-bond donors (Lipinski definition) is 1. The van der Waals surface area contributed by atoms with Crippen molar-refractivity contribution in [3.8, 4) is 5.75 Å². The minimum absolute atomic E-state index is 0.0846. The summed E-state index contributed by atoms with van der Waals surface area (Å²) in [5.74, 6) is -0.641. The summed E-state index contributed by atoms with van der Waals surface area (Å²) in [4.78, 5) is 42.7. The van der Waals surface area contributed by atoms with E-state index in [9.17, 15) is 22.8 Å². The monoisotopic (exact) mass is 660 g/mol. The number of piperazine rings is 1. The zero-order valence-electron chi connectivity index (χ0n) is 27.0. The Morgan fingerprint density at radius 2 is 1.60 bits per heavy atom. The van der Waals surface area contributed by atoms with E-state index >= 15 is 0 Å².